The zero-order valence-corrected chi connectivity index (χ0v) is 15.2. The summed E-state index contributed by atoms with van der Waals surface area (Å²) in [6.45, 7) is 1.38. The molecule has 4 aliphatic carbocycles. The van der Waals surface area contributed by atoms with Crippen molar-refractivity contribution in [3.8, 4) is 0 Å². The first-order chi connectivity index (χ1) is 12.1. The minimum absolute atomic E-state index is 0.208. The summed E-state index contributed by atoms with van der Waals surface area (Å²) in [5.74, 6) is 1.64. The molecule has 25 heavy (non-hydrogen) atoms. The SMILES string of the molecule is OCC12CC3CC(C1)CC(CNc1ccnc4cc(Cl)ccc14)(C3)C2. The van der Waals surface area contributed by atoms with Crippen molar-refractivity contribution in [2.24, 2.45) is 22.7 Å². The lowest BCUT2D eigenvalue weighted by Crippen LogP contribution is -2.55. The normalized spacial score (nSPS) is 36.1. The van der Waals surface area contributed by atoms with Gasteiger partial charge in [0.05, 0.1) is 5.52 Å². The average Bonchev–Trinajstić information content (AvgIpc) is 2.58. The summed E-state index contributed by atoms with van der Waals surface area (Å²) in [4.78, 5) is 4.44. The second-order valence-electron chi connectivity index (χ2n) is 8.99. The molecule has 6 rings (SSSR count). The first-order valence-electron chi connectivity index (χ1n) is 9.48. The average molecular weight is 357 g/mol. The summed E-state index contributed by atoms with van der Waals surface area (Å²) in [5.41, 5.74) is 2.65. The molecule has 0 aliphatic heterocycles. The molecule has 2 N–H and O–H groups in total. The highest BCUT2D eigenvalue weighted by Gasteiger charge is 2.57. The second kappa shape index (κ2) is 5.59. The molecule has 2 aromatic rings. The number of aliphatic hydroxyl groups is 1. The number of pyridine rings is 1. The minimum atomic E-state index is 0.208. The minimum Gasteiger partial charge on any atom is -0.396 e. The van der Waals surface area contributed by atoms with Gasteiger partial charge in [-0.05, 0) is 85.5 Å². The topological polar surface area (TPSA) is 45.1 Å². The summed E-state index contributed by atoms with van der Waals surface area (Å²) < 4.78 is 0. The van der Waals surface area contributed by atoms with Crippen LogP contribution in [0.1, 0.15) is 38.5 Å². The number of halogens is 1. The van der Waals surface area contributed by atoms with Gasteiger partial charge in [0.1, 0.15) is 0 Å². The molecule has 2 atom stereocenters. The van der Waals surface area contributed by atoms with Crippen LogP contribution in [-0.4, -0.2) is 23.2 Å². The third kappa shape index (κ3) is 2.63. The summed E-state index contributed by atoms with van der Waals surface area (Å²) in [5, 5.41) is 15.7. The van der Waals surface area contributed by atoms with E-state index in [9.17, 15) is 5.11 Å². The van der Waals surface area contributed by atoms with Gasteiger partial charge in [-0.3, -0.25) is 4.98 Å². The van der Waals surface area contributed by atoms with Crippen LogP contribution in [0.25, 0.3) is 10.9 Å². The van der Waals surface area contributed by atoms with Crippen molar-refractivity contribution in [2.45, 2.75) is 38.5 Å². The lowest BCUT2D eigenvalue weighted by molar-refractivity contribution is -0.123. The quantitative estimate of drug-likeness (QED) is 0.820. The van der Waals surface area contributed by atoms with Crippen LogP contribution in [0, 0.1) is 22.7 Å². The summed E-state index contributed by atoms with van der Waals surface area (Å²) in [6, 6.07) is 7.98. The molecule has 3 nitrogen and oxygen atoms in total. The van der Waals surface area contributed by atoms with E-state index in [0.29, 0.717) is 12.0 Å². The van der Waals surface area contributed by atoms with Crippen molar-refractivity contribution in [3.63, 3.8) is 0 Å². The first-order valence-corrected chi connectivity index (χ1v) is 9.86. The fourth-order valence-corrected chi connectivity index (χ4v) is 6.77. The highest BCUT2D eigenvalue weighted by molar-refractivity contribution is 6.31. The zero-order valence-electron chi connectivity index (χ0n) is 14.5. The fourth-order valence-electron chi connectivity index (χ4n) is 6.60. The summed E-state index contributed by atoms with van der Waals surface area (Å²) >= 11 is 6.11. The van der Waals surface area contributed by atoms with Crippen molar-refractivity contribution in [3.05, 3.63) is 35.5 Å². The van der Waals surface area contributed by atoms with Crippen LogP contribution in [0.4, 0.5) is 5.69 Å². The molecule has 4 heteroatoms. The number of hydrogen-bond acceptors (Lipinski definition) is 3. The van der Waals surface area contributed by atoms with Crippen LogP contribution < -0.4 is 5.32 Å². The van der Waals surface area contributed by atoms with Gasteiger partial charge in [-0.25, -0.2) is 0 Å². The molecule has 4 saturated carbocycles. The molecule has 4 bridgehead atoms. The first kappa shape index (κ1) is 15.9. The van der Waals surface area contributed by atoms with Gasteiger partial charge in [0.15, 0.2) is 0 Å². The van der Waals surface area contributed by atoms with Crippen molar-refractivity contribution in [2.75, 3.05) is 18.5 Å². The van der Waals surface area contributed by atoms with Gasteiger partial charge in [-0.15, -0.1) is 0 Å². The Labute approximate surface area is 153 Å². The number of fused-ring (bicyclic) bond motifs is 1. The molecular formula is C21H25ClN2O. The fraction of sp³-hybridized carbons (Fsp3) is 0.571. The van der Waals surface area contributed by atoms with E-state index in [-0.39, 0.29) is 5.41 Å². The van der Waals surface area contributed by atoms with Gasteiger partial charge in [-0.2, -0.15) is 0 Å². The molecular weight excluding hydrogens is 332 g/mol. The number of nitrogens with zero attached hydrogens (tertiary/aromatic N) is 1. The Morgan fingerprint density at radius 3 is 2.64 bits per heavy atom. The van der Waals surface area contributed by atoms with Gasteiger partial charge in [0.2, 0.25) is 0 Å². The Kier molecular flexibility index (Phi) is 3.55. The van der Waals surface area contributed by atoms with Crippen molar-refractivity contribution in [1.29, 1.82) is 0 Å². The zero-order chi connectivity index (χ0) is 17.1. The van der Waals surface area contributed by atoms with Crippen molar-refractivity contribution >= 4 is 28.2 Å². The molecule has 1 heterocycles. The number of anilines is 1. The predicted octanol–water partition coefficient (Wildman–Crippen LogP) is 4.88. The number of nitrogens with one attached hydrogen (secondary N) is 1. The monoisotopic (exact) mass is 356 g/mol. The van der Waals surface area contributed by atoms with Gasteiger partial charge >= 0.3 is 0 Å². The molecule has 4 fully saturated rings. The van der Waals surface area contributed by atoms with Crippen LogP contribution in [-0.2, 0) is 0 Å². The molecule has 4 aliphatic rings. The molecule has 0 spiro atoms. The number of benzene rings is 1. The van der Waals surface area contributed by atoms with Crippen LogP contribution >= 0.6 is 11.6 Å². The van der Waals surface area contributed by atoms with Crippen molar-refractivity contribution in [1.82, 2.24) is 4.98 Å². The number of aliphatic hydroxyl groups excluding tert-OH is 1. The van der Waals surface area contributed by atoms with Crippen LogP contribution in [0.5, 0.6) is 0 Å². The van der Waals surface area contributed by atoms with Gasteiger partial charge < -0.3 is 10.4 Å². The molecule has 0 amide bonds. The maximum atomic E-state index is 10.1. The number of aromatic nitrogens is 1. The van der Waals surface area contributed by atoms with Crippen LogP contribution in [0.2, 0.25) is 5.02 Å². The lowest BCUT2D eigenvalue weighted by Gasteiger charge is -2.62. The number of rotatable bonds is 4. The maximum Gasteiger partial charge on any atom is 0.0737 e. The Hall–Kier alpha value is -1.32. The molecule has 1 aromatic heterocycles. The van der Waals surface area contributed by atoms with Crippen LogP contribution in [0.15, 0.2) is 30.5 Å². The third-order valence-electron chi connectivity index (χ3n) is 7.00. The summed E-state index contributed by atoms with van der Waals surface area (Å²) in [6.07, 6.45) is 9.58. The Balaban J connectivity index is 1.42. The van der Waals surface area contributed by atoms with E-state index in [0.717, 1.165) is 40.0 Å². The van der Waals surface area contributed by atoms with Gasteiger partial charge in [-0.1, -0.05) is 11.6 Å². The smallest absolute Gasteiger partial charge is 0.0737 e. The molecule has 1 aromatic carbocycles. The Morgan fingerprint density at radius 2 is 1.88 bits per heavy atom. The number of hydrogen-bond donors (Lipinski definition) is 2. The lowest BCUT2D eigenvalue weighted by atomic mass is 9.44. The predicted molar refractivity (Wildman–Crippen MR) is 102 cm³/mol. The van der Waals surface area contributed by atoms with E-state index >= 15 is 0 Å². The van der Waals surface area contributed by atoms with Crippen LogP contribution in [0.3, 0.4) is 0 Å². The molecule has 2 unspecified atom stereocenters. The highest BCUT2D eigenvalue weighted by Crippen LogP contribution is 2.65. The Bertz CT molecular complexity index is 807. The highest BCUT2D eigenvalue weighted by atomic mass is 35.5. The van der Waals surface area contributed by atoms with E-state index in [4.69, 9.17) is 11.6 Å². The summed E-state index contributed by atoms with van der Waals surface area (Å²) in [7, 11) is 0. The molecule has 0 saturated heterocycles. The van der Waals surface area contributed by atoms with Gasteiger partial charge in [0, 0.05) is 35.4 Å². The maximum absolute atomic E-state index is 10.1. The Morgan fingerprint density at radius 1 is 1.12 bits per heavy atom. The van der Waals surface area contributed by atoms with E-state index in [1.165, 1.54) is 38.5 Å². The van der Waals surface area contributed by atoms with Gasteiger partial charge in [0.25, 0.3) is 0 Å². The van der Waals surface area contributed by atoms with E-state index in [2.05, 4.69) is 22.4 Å². The largest absolute Gasteiger partial charge is 0.396 e. The molecule has 0 radical (unpaired) electrons. The second-order valence-corrected chi connectivity index (χ2v) is 9.43. The standard InChI is InChI=1S/C21H25ClN2O/c22-16-1-2-17-18(3-4-23-19(17)6-16)24-12-20-7-14-5-15(8-20)10-21(9-14,11-20)13-25/h1-4,6,14-15,25H,5,7-13H2,(H,23,24). The molecule has 132 valence electrons. The van der Waals surface area contributed by atoms with Crippen molar-refractivity contribution < 1.29 is 5.11 Å². The van der Waals surface area contributed by atoms with E-state index < -0.39 is 0 Å². The van der Waals surface area contributed by atoms with E-state index in [1.807, 2.05) is 18.3 Å². The third-order valence-corrected chi connectivity index (χ3v) is 7.23. The van der Waals surface area contributed by atoms with E-state index in [1.54, 1.807) is 0 Å².